The zero-order valence-electron chi connectivity index (χ0n) is 26.7. The van der Waals surface area contributed by atoms with Gasteiger partial charge in [0.25, 0.3) is 0 Å². The predicted molar refractivity (Wildman–Crippen MR) is 186 cm³/mol. The van der Waals surface area contributed by atoms with Gasteiger partial charge in [0, 0.05) is 44.9 Å². The van der Waals surface area contributed by atoms with Gasteiger partial charge in [0.1, 0.15) is 18.2 Å². The average molecular weight is 583 g/mol. The van der Waals surface area contributed by atoms with Crippen LogP contribution in [0.2, 0.25) is 0 Å². The number of nitrogens with zero attached hydrogens (tertiary/aromatic N) is 1. The van der Waals surface area contributed by atoms with Crippen molar-refractivity contribution in [3.8, 4) is 44.6 Å². The Morgan fingerprint density at radius 3 is 1.73 bits per heavy atom. The number of aryl methyl sites for hydroxylation is 2. The lowest BCUT2D eigenvalue weighted by Crippen LogP contribution is -2.30. The number of hydrogen-bond donors (Lipinski definition) is 0. The molecule has 5 aromatic carbocycles. The summed E-state index contributed by atoms with van der Waals surface area (Å²) in [7, 11) is 2.11. The van der Waals surface area contributed by atoms with Crippen molar-refractivity contribution in [3.05, 3.63) is 137 Å². The third-order valence-corrected chi connectivity index (χ3v) is 10.9. The van der Waals surface area contributed by atoms with Gasteiger partial charge in [-0.2, -0.15) is 0 Å². The van der Waals surface area contributed by atoms with E-state index in [9.17, 15) is 0 Å². The molecule has 2 aromatic heterocycles. The van der Waals surface area contributed by atoms with Crippen LogP contribution >= 0.6 is 0 Å². The predicted octanol–water partition coefficient (Wildman–Crippen LogP) is 10.7. The van der Waals surface area contributed by atoms with Crippen LogP contribution in [-0.2, 0) is 17.9 Å². The number of furan rings is 1. The first kappa shape index (κ1) is 26.5. The summed E-state index contributed by atoms with van der Waals surface area (Å²) in [5.41, 5.74) is 18.6. The highest BCUT2D eigenvalue weighted by Gasteiger charge is 2.44. The third-order valence-electron chi connectivity index (χ3n) is 10.9. The van der Waals surface area contributed by atoms with E-state index in [1.807, 2.05) is 0 Å². The molecule has 0 radical (unpaired) electrons. The Balaban J connectivity index is 1.46. The summed E-state index contributed by atoms with van der Waals surface area (Å²) in [5, 5.41) is 2.31. The molecule has 2 aliphatic rings. The fourth-order valence-corrected chi connectivity index (χ4v) is 8.54. The van der Waals surface area contributed by atoms with Crippen molar-refractivity contribution in [1.82, 2.24) is 0 Å². The van der Waals surface area contributed by atoms with Gasteiger partial charge in [-0.25, -0.2) is 4.57 Å². The van der Waals surface area contributed by atoms with E-state index in [1.54, 1.807) is 0 Å². The molecule has 0 N–H and O–H groups in total. The second-order valence-electron chi connectivity index (χ2n) is 14.1. The lowest BCUT2D eigenvalue weighted by Gasteiger charge is -2.27. The summed E-state index contributed by atoms with van der Waals surface area (Å²) in [6, 6.07) is 38.1. The Bertz CT molecular complexity index is 2320. The zero-order valence-corrected chi connectivity index (χ0v) is 26.7. The molecule has 2 heteroatoms. The molecule has 0 aliphatic heterocycles. The quantitative estimate of drug-likeness (QED) is 0.185. The highest BCUT2D eigenvalue weighted by atomic mass is 16.3. The first-order chi connectivity index (χ1) is 21.7. The molecule has 0 bridgehead atoms. The van der Waals surface area contributed by atoms with Gasteiger partial charge in [0.2, 0.25) is 5.69 Å². The van der Waals surface area contributed by atoms with E-state index < -0.39 is 0 Å². The van der Waals surface area contributed by atoms with Crippen molar-refractivity contribution in [2.45, 2.75) is 45.4 Å². The van der Waals surface area contributed by atoms with Gasteiger partial charge >= 0.3 is 0 Å². The van der Waals surface area contributed by atoms with Crippen molar-refractivity contribution in [1.29, 1.82) is 0 Å². The Morgan fingerprint density at radius 2 is 1.09 bits per heavy atom. The minimum atomic E-state index is -0.116. The van der Waals surface area contributed by atoms with Gasteiger partial charge in [-0.3, -0.25) is 0 Å². The molecule has 0 amide bonds. The molecular weight excluding hydrogens is 546 g/mol. The second-order valence-corrected chi connectivity index (χ2v) is 14.1. The largest absolute Gasteiger partial charge is 0.454 e. The summed E-state index contributed by atoms with van der Waals surface area (Å²) < 4.78 is 9.33. The first-order valence-corrected chi connectivity index (χ1v) is 16.0. The molecular formula is C43H36NO+. The summed E-state index contributed by atoms with van der Waals surface area (Å²) >= 11 is 0. The van der Waals surface area contributed by atoms with Gasteiger partial charge in [0.05, 0.1) is 5.56 Å². The molecule has 0 spiro atoms. The number of hydrogen-bond acceptors (Lipinski definition) is 1. The smallest absolute Gasteiger partial charge is 0.216 e. The highest BCUT2D eigenvalue weighted by molar-refractivity contribution is 6.16. The molecule has 2 heterocycles. The SMILES string of the molecule is Cc1ccc2c(oc3c(-c4c5c(cc6c4-c4ccccc4C6(C)C)C(C)(C)c4ccccc4-5)cccc32)c1-c1cccc[n+]1C. The van der Waals surface area contributed by atoms with Crippen molar-refractivity contribution in [3.63, 3.8) is 0 Å². The monoisotopic (exact) mass is 582 g/mol. The number of pyridine rings is 1. The fourth-order valence-electron chi connectivity index (χ4n) is 8.54. The van der Waals surface area contributed by atoms with Crippen molar-refractivity contribution >= 4 is 21.9 Å². The van der Waals surface area contributed by atoms with E-state index in [0.29, 0.717) is 0 Å². The van der Waals surface area contributed by atoms with E-state index in [0.717, 1.165) is 38.8 Å². The van der Waals surface area contributed by atoms with Crippen LogP contribution in [0.5, 0.6) is 0 Å². The van der Waals surface area contributed by atoms with Gasteiger partial charge in [0.15, 0.2) is 6.20 Å². The van der Waals surface area contributed by atoms with Crippen molar-refractivity contribution in [2.24, 2.45) is 7.05 Å². The number of aromatic nitrogens is 1. The van der Waals surface area contributed by atoms with Crippen LogP contribution in [0.15, 0.2) is 114 Å². The molecule has 9 rings (SSSR count). The minimum Gasteiger partial charge on any atom is -0.454 e. The topological polar surface area (TPSA) is 17.0 Å². The molecule has 0 saturated carbocycles. The Morgan fingerprint density at radius 1 is 0.511 bits per heavy atom. The van der Waals surface area contributed by atoms with Crippen LogP contribution < -0.4 is 4.57 Å². The summed E-state index contributed by atoms with van der Waals surface area (Å²) in [5.74, 6) is 0. The molecule has 0 saturated heterocycles. The lowest BCUT2D eigenvalue weighted by molar-refractivity contribution is -0.660. The molecule has 45 heavy (non-hydrogen) atoms. The van der Waals surface area contributed by atoms with E-state index in [4.69, 9.17) is 4.42 Å². The van der Waals surface area contributed by atoms with Crippen LogP contribution in [-0.4, -0.2) is 0 Å². The maximum absolute atomic E-state index is 7.15. The third kappa shape index (κ3) is 3.32. The molecule has 0 atom stereocenters. The maximum Gasteiger partial charge on any atom is 0.216 e. The molecule has 0 unspecified atom stereocenters. The normalized spacial score (nSPS) is 15.2. The van der Waals surface area contributed by atoms with E-state index in [2.05, 4.69) is 156 Å². The molecule has 7 aromatic rings. The summed E-state index contributed by atoms with van der Waals surface area (Å²) in [6.07, 6.45) is 2.11. The van der Waals surface area contributed by atoms with E-state index in [1.165, 1.54) is 55.6 Å². The van der Waals surface area contributed by atoms with Gasteiger partial charge in [-0.15, -0.1) is 0 Å². The number of benzene rings is 5. The minimum absolute atomic E-state index is 0.116. The van der Waals surface area contributed by atoms with Crippen LogP contribution in [0.1, 0.15) is 55.5 Å². The highest BCUT2D eigenvalue weighted by Crippen LogP contribution is 2.61. The van der Waals surface area contributed by atoms with Crippen LogP contribution in [0.4, 0.5) is 0 Å². The van der Waals surface area contributed by atoms with Crippen LogP contribution in [0.3, 0.4) is 0 Å². The van der Waals surface area contributed by atoms with Crippen molar-refractivity contribution in [2.75, 3.05) is 0 Å². The van der Waals surface area contributed by atoms with E-state index in [-0.39, 0.29) is 10.8 Å². The maximum atomic E-state index is 7.15. The zero-order chi connectivity index (χ0) is 30.8. The summed E-state index contributed by atoms with van der Waals surface area (Å²) in [6.45, 7) is 11.7. The average Bonchev–Trinajstić information content (AvgIpc) is 3.61. The summed E-state index contributed by atoms with van der Waals surface area (Å²) in [4.78, 5) is 0. The second kappa shape index (κ2) is 8.82. The Labute approximate surface area is 264 Å². The number of para-hydroxylation sites is 1. The lowest BCUT2D eigenvalue weighted by atomic mass is 9.76. The molecule has 218 valence electrons. The molecule has 2 nitrogen and oxygen atoms in total. The Kier molecular flexibility index (Phi) is 5.19. The van der Waals surface area contributed by atoms with Gasteiger partial charge in [-0.1, -0.05) is 113 Å². The van der Waals surface area contributed by atoms with Crippen molar-refractivity contribution < 1.29 is 8.98 Å². The van der Waals surface area contributed by atoms with Crippen LogP contribution in [0, 0.1) is 6.92 Å². The van der Waals surface area contributed by atoms with Gasteiger partial charge < -0.3 is 4.42 Å². The molecule has 0 fully saturated rings. The fraction of sp³-hybridized carbons (Fsp3) is 0.186. The standard InChI is InChI=1S/C43H36NO/c1-25-21-22-27-26-16-13-17-30(40(26)45-41(27)36(25)35-20-11-12-23-44(35)6)39-37-28-14-7-9-18-31(28)42(2,3)33(37)24-34-38(39)29-15-8-10-19-32(29)43(34,4)5/h7-24H,1-6H3/q+1. The van der Waals surface area contributed by atoms with E-state index >= 15 is 0 Å². The first-order valence-electron chi connectivity index (χ1n) is 16.0. The number of rotatable bonds is 2. The van der Waals surface area contributed by atoms with Gasteiger partial charge in [-0.05, 0) is 63.1 Å². The van der Waals surface area contributed by atoms with Crippen LogP contribution in [0.25, 0.3) is 66.6 Å². The number of fused-ring (bicyclic) bond motifs is 9. The molecule has 2 aliphatic carbocycles. The Hall–Kier alpha value is -4.95.